The zero-order valence-electron chi connectivity index (χ0n) is 15.4. The minimum atomic E-state index is -0.0152. The third-order valence-electron chi connectivity index (χ3n) is 6.34. The molecule has 138 valence electrons. The number of carbonyl (C=O) groups is 1. The van der Waals surface area contributed by atoms with Gasteiger partial charge in [-0.2, -0.15) is 0 Å². The second-order valence-electron chi connectivity index (χ2n) is 8.11. The van der Waals surface area contributed by atoms with Crippen LogP contribution < -0.4 is 5.32 Å². The third kappa shape index (κ3) is 3.15. The second-order valence-corrected chi connectivity index (χ2v) is 8.11. The van der Waals surface area contributed by atoms with Crippen LogP contribution in [0.5, 0.6) is 0 Å². The van der Waals surface area contributed by atoms with Crippen LogP contribution in [0.25, 0.3) is 10.9 Å². The predicted octanol–water partition coefficient (Wildman–Crippen LogP) is 3.81. The van der Waals surface area contributed by atoms with Crippen molar-refractivity contribution in [3.05, 3.63) is 71.9 Å². The number of nitrogens with zero attached hydrogens (tertiary/aromatic N) is 1. The number of hydrogen-bond donors (Lipinski definition) is 2. The first-order chi connectivity index (χ1) is 13.2. The molecular weight excluding hydrogens is 334 g/mol. The van der Waals surface area contributed by atoms with Crippen molar-refractivity contribution < 1.29 is 4.79 Å². The van der Waals surface area contributed by atoms with Gasteiger partial charge in [-0.1, -0.05) is 36.4 Å². The van der Waals surface area contributed by atoms with E-state index in [0.717, 1.165) is 44.5 Å². The summed E-state index contributed by atoms with van der Waals surface area (Å²) in [4.78, 5) is 18.4. The second kappa shape index (κ2) is 6.54. The van der Waals surface area contributed by atoms with Gasteiger partial charge in [0.1, 0.15) is 0 Å². The Kier molecular flexibility index (Phi) is 4.01. The SMILES string of the molecule is O=C1NC2(CCN(Cc3ccc4[nH]ccc4c3)CC2)C[C@H]1c1ccccc1. The molecule has 4 nitrogen and oxygen atoms in total. The molecule has 2 N–H and O–H groups in total. The van der Waals surface area contributed by atoms with Crippen molar-refractivity contribution in [1.82, 2.24) is 15.2 Å². The summed E-state index contributed by atoms with van der Waals surface area (Å²) in [5.41, 5.74) is 3.68. The number of likely N-dealkylation sites (tertiary alicyclic amines) is 1. The van der Waals surface area contributed by atoms with Crippen molar-refractivity contribution in [3.8, 4) is 0 Å². The maximum Gasteiger partial charge on any atom is 0.228 e. The highest BCUT2D eigenvalue weighted by atomic mass is 16.2. The average Bonchev–Trinajstić information content (AvgIpc) is 3.29. The number of aromatic amines is 1. The molecule has 0 unspecified atom stereocenters. The van der Waals surface area contributed by atoms with Crippen molar-refractivity contribution in [3.63, 3.8) is 0 Å². The van der Waals surface area contributed by atoms with Gasteiger partial charge in [0.2, 0.25) is 5.91 Å². The van der Waals surface area contributed by atoms with Gasteiger partial charge in [-0.3, -0.25) is 9.69 Å². The molecule has 3 aromatic rings. The van der Waals surface area contributed by atoms with Crippen molar-refractivity contribution in [2.75, 3.05) is 13.1 Å². The summed E-state index contributed by atoms with van der Waals surface area (Å²) < 4.78 is 0. The molecule has 2 fully saturated rings. The van der Waals surface area contributed by atoms with Crippen LogP contribution in [0.2, 0.25) is 0 Å². The maximum atomic E-state index is 12.6. The molecule has 5 rings (SSSR count). The monoisotopic (exact) mass is 359 g/mol. The number of amides is 1. The number of carbonyl (C=O) groups excluding carboxylic acids is 1. The zero-order chi connectivity index (χ0) is 18.3. The van der Waals surface area contributed by atoms with Crippen molar-refractivity contribution in [1.29, 1.82) is 0 Å². The molecule has 0 aliphatic carbocycles. The van der Waals surface area contributed by atoms with Crippen LogP contribution in [0.4, 0.5) is 0 Å². The number of benzene rings is 2. The van der Waals surface area contributed by atoms with Gasteiger partial charge in [0, 0.05) is 36.9 Å². The first-order valence-corrected chi connectivity index (χ1v) is 9.86. The Balaban J connectivity index is 1.24. The molecule has 1 amide bonds. The molecule has 2 aliphatic rings. The number of piperidine rings is 1. The summed E-state index contributed by atoms with van der Waals surface area (Å²) in [6, 6.07) is 19.0. The number of rotatable bonds is 3. The minimum Gasteiger partial charge on any atom is -0.361 e. The summed E-state index contributed by atoms with van der Waals surface area (Å²) >= 11 is 0. The highest BCUT2D eigenvalue weighted by Crippen LogP contribution is 2.39. The minimum absolute atomic E-state index is 0.00810. The van der Waals surface area contributed by atoms with E-state index in [0.29, 0.717) is 0 Å². The van der Waals surface area contributed by atoms with Crippen LogP contribution in [0.15, 0.2) is 60.8 Å². The normalized spacial score (nSPS) is 22.4. The van der Waals surface area contributed by atoms with Crippen LogP contribution in [0.3, 0.4) is 0 Å². The Bertz CT molecular complexity index is 954. The summed E-state index contributed by atoms with van der Waals surface area (Å²) in [7, 11) is 0. The Morgan fingerprint density at radius 2 is 1.85 bits per heavy atom. The fourth-order valence-corrected chi connectivity index (χ4v) is 4.77. The smallest absolute Gasteiger partial charge is 0.228 e. The van der Waals surface area contributed by atoms with Gasteiger partial charge in [-0.25, -0.2) is 0 Å². The summed E-state index contributed by atoms with van der Waals surface area (Å²) in [6.07, 6.45) is 4.99. The van der Waals surface area contributed by atoms with E-state index in [4.69, 9.17) is 0 Å². The molecule has 2 aromatic carbocycles. The topological polar surface area (TPSA) is 48.1 Å². The van der Waals surface area contributed by atoms with E-state index in [-0.39, 0.29) is 17.4 Å². The molecule has 2 aliphatic heterocycles. The van der Waals surface area contributed by atoms with Gasteiger partial charge >= 0.3 is 0 Å². The lowest BCUT2D eigenvalue weighted by Crippen LogP contribution is -2.50. The fraction of sp³-hybridized carbons (Fsp3) is 0.348. The maximum absolute atomic E-state index is 12.6. The molecular formula is C23H25N3O. The lowest BCUT2D eigenvalue weighted by atomic mass is 9.82. The van der Waals surface area contributed by atoms with Crippen LogP contribution in [-0.2, 0) is 11.3 Å². The molecule has 1 spiro atoms. The van der Waals surface area contributed by atoms with E-state index >= 15 is 0 Å². The lowest BCUT2D eigenvalue weighted by molar-refractivity contribution is -0.121. The van der Waals surface area contributed by atoms with Crippen LogP contribution in [-0.4, -0.2) is 34.4 Å². The fourth-order valence-electron chi connectivity index (χ4n) is 4.77. The number of H-pyrrole nitrogens is 1. The Labute approximate surface area is 159 Å². The van der Waals surface area contributed by atoms with E-state index in [9.17, 15) is 4.79 Å². The van der Waals surface area contributed by atoms with Gasteiger partial charge in [0.05, 0.1) is 5.92 Å². The van der Waals surface area contributed by atoms with Crippen LogP contribution >= 0.6 is 0 Å². The zero-order valence-corrected chi connectivity index (χ0v) is 15.4. The van der Waals surface area contributed by atoms with E-state index in [1.54, 1.807) is 0 Å². The van der Waals surface area contributed by atoms with Gasteiger partial charge in [-0.15, -0.1) is 0 Å². The highest BCUT2D eigenvalue weighted by molar-refractivity contribution is 5.87. The molecule has 0 radical (unpaired) electrons. The molecule has 1 atom stereocenters. The molecule has 1 aromatic heterocycles. The first-order valence-electron chi connectivity index (χ1n) is 9.86. The van der Waals surface area contributed by atoms with Crippen LogP contribution in [0, 0.1) is 0 Å². The van der Waals surface area contributed by atoms with Crippen molar-refractivity contribution in [2.45, 2.75) is 37.3 Å². The number of hydrogen-bond acceptors (Lipinski definition) is 2. The molecule has 3 heterocycles. The van der Waals surface area contributed by atoms with Gasteiger partial charge in [0.15, 0.2) is 0 Å². The Hall–Kier alpha value is -2.59. The molecule has 0 bridgehead atoms. The van der Waals surface area contributed by atoms with Gasteiger partial charge in [-0.05, 0) is 54.0 Å². The van der Waals surface area contributed by atoms with E-state index in [2.05, 4.69) is 51.6 Å². The average molecular weight is 359 g/mol. The standard InChI is InChI=1S/C23H25N3O/c27-22-20(18-4-2-1-3-5-18)15-23(25-22)9-12-26(13-10-23)16-17-6-7-21-19(14-17)8-11-24-21/h1-8,11,14,20,24H,9-10,12-13,15-16H2,(H,25,27)/t20-/m0/s1. The van der Waals surface area contributed by atoms with Crippen molar-refractivity contribution >= 4 is 16.8 Å². The first kappa shape index (κ1) is 16.6. The van der Waals surface area contributed by atoms with Crippen molar-refractivity contribution in [2.24, 2.45) is 0 Å². The number of aromatic nitrogens is 1. The Morgan fingerprint density at radius 3 is 2.67 bits per heavy atom. The summed E-state index contributed by atoms with van der Waals surface area (Å²) in [5, 5.41) is 4.63. The van der Waals surface area contributed by atoms with E-state index in [1.807, 2.05) is 24.4 Å². The van der Waals surface area contributed by atoms with Gasteiger partial charge in [0.25, 0.3) is 0 Å². The Morgan fingerprint density at radius 1 is 1.04 bits per heavy atom. The van der Waals surface area contributed by atoms with E-state index < -0.39 is 0 Å². The largest absolute Gasteiger partial charge is 0.361 e. The van der Waals surface area contributed by atoms with Crippen LogP contribution in [0.1, 0.15) is 36.3 Å². The predicted molar refractivity (Wildman–Crippen MR) is 107 cm³/mol. The molecule has 4 heteroatoms. The number of nitrogens with one attached hydrogen (secondary N) is 2. The summed E-state index contributed by atoms with van der Waals surface area (Å²) in [6.45, 7) is 3.05. The molecule has 2 saturated heterocycles. The quantitative estimate of drug-likeness (QED) is 0.747. The molecule has 0 saturated carbocycles. The molecule has 27 heavy (non-hydrogen) atoms. The number of fused-ring (bicyclic) bond motifs is 1. The third-order valence-corrected chi connectivity index (χ3v) is 6.34. The van der Waals surface area contributed by atoms with E-state index in [1.165, 1.54) is 16.5 Å². The highest BCUT2D eigenvalue weighted by Gasteiger charge is 2.45. The van der Waals surface area contributed by atoms with Gasteiger partial charge < -0.3 is 10.3 Å². The summed E-state index contributed by atoms with van der Waals surface area (Å²) in [5.74, 6) is 0.210. The lowest BCUT2D eigenvalue weighted by Gasteiger charge is -2.39.